The molecule has 0 amide bonds. The van der Waals surface area contributed by atoms with Gasteiger partial charge in [0, 0.05) is 6.07 Å². The third kappa shape index (κ3) is 3.21. The van der Waals surface area contributed by atoms with E-state index in [1.54, 1.807) is 0 Å². The van der Waals surface area contributed by atoms with Gasteiger partial charge in [-0.2, -0.15) is 0 Å². The summed E-state index contributed by atoms with van der Waals surface area (Å²) in [6.07, 6.45) is 0.669. The molecule has 3 N–H and O–H groups in total. The fraction of sp³-hybridized carbons (Fsp3) is 0.300. The molecular formula is C10H12FNO3. The molecule has 15 heavy (non-hydrogen) atoms. The van der Waals surface area contributed by atoms with Crippen molar-refractivity contribution in [1.29, 1.82) is 0 Å². The van der Waals surface area contributed by atoms with Gasteiger partial charge < -0.3 is 15.6 Å². The fourth-order valence-electron chi connectivity index (χ4n) is 1.03. The first-order valence-corrected chi connectivity index (χ1v) is 4.51. The van der Waals surface area contributed by atoms with E-state index in [-0.39, 0.29) is 5.56 Å². The van der Waals surface area contributed by atoms with Crippen molar-refractivity contribution in [3.63, 3.8) is 0 Å². The van der Waals surface area contributed by atoms with E-state index >= 15 is 0 Å². The van der Waals surface area contributed by atoms with E-state index in [0.717, 1.165) is 6.07 Å². The Balaban J connectivity index is 2.69. The highest BCUT2D eigenvalue weighted by Crippen LogP contribution is 2.16. The second kappa shape index (κ2) is 5.31. The second-order valence-corrected chi connectivity index (χ2v) is 2.94. The van der Waals surface area contributed by atoms with Crippen molar-refractivity contribution < 1.29 is 19.0 Å². The predicted octanol–water partition coefficient (Wildman–Crippen LogP) is 1.25. The number of carbonyl (C=O) groups is 1. The Morgan fingerprint density at radius 2 is 2.27 bits per heavy atom. The van der Waals surface area contributed by atoms with Crippen LogP contribution in [0.3, 0.4) is 0 Å². The Morgan fingerprint density at radius 1 is 1.53 bits per heavy atom. The van der Waals surface area contributed by atoms with Crippen LogP contribution >= 0.6 is 0 Å². The van der Waals surface area contributed by atoms with Crippen LogP contribution in [-0.4, -0.2) is 24.2 Å². The van der Waals surface area contributed by atoms with Gasteiger partial charge in [-0.3, -0.25) is 0 Å². The fourth-order valence-corrected chi connectivity index (χ4v) is 1.03. The van der Waals surface area contributed by atoms with Gasteiger partial charge in [0.2, 0.25) is 0 Å². The summed E-state index contributed by atoms with van der Waals surface area (Å²) in [5.41, 5.74) is 4.89. The maximum Gasteiger partial charge on any atom is 0.338 e. The zero-order chi connectivity index (χ0) is 11.3. The van der Waals surface area contributed by atoms with Crippen LogP contribution < -0.4 is 10.5 Å². The normalized spacial score (nSPS) is 10.0. The van der Waals surface area contributed by atoms with Crippen LogP contribution in [0.15, 0.2) is 18.2 Å². The average molecular weight is 213 g/mol. The van der Waals surface area contributed by atoms with Gasteiger partial charge in [-0.15, -0.1) is 0 Å². The van der Waals surface area contributed by atoms with Crippen molar-refractivity contribution in [2.75, 3.05) is 13.2 Å². The highest BCUT2D eigenvalue weighted by atomic mass is 19.1. The predicted molar refractivity (Wildman–Crippen MR) is 52.5 cm³/mol. The summed E-state index contributed by atoms with van der Waals surface area (Å²) in [7, 11) is 0. The van der Waals surface area contributed by atoms with Crippen LogP contribution in [0.2, 0.25) is 0 Å². The van der Waals surface area contributed by atoms with Crippen LogP contribution in [0.4, 0.5) is 4.39 Å². The van der Waals surface area contributed by atoms with Gasteiger partial charge in [0.05, 0.1) is 12.2 Å². The molecule has 1 rings (SSSR count). The first kappa shape index (κ1) is 11.5. The summed E-state index contributed by atoms with van der Waals surface area (Å²) < 4.78 is 18.3. The Labute approximate surface area is 86.5 Å². The lowest BCUT2D eigenvalue weighted by molar-refractivity contribution is 0.0692. The number of nitrogens with two attached hydrogens (primary N) is 1. The summed E-state index contributed by atoms with van der Waals surface area (Å²) in [5.74, 6) is -1.78. The van der Waals surface area contributed by atoms with Crippen molar-refractivity contribution >= 4 is 5.97 Å². The molecule has 0 bridgehead atoms. The Hall–Kier alpha value is -1.62. The molecule has 0 saturated heterocycles. The average Bonchev–Trinajstić information content (AvgIpc) is 2.17. The molecule has 0 saturated carbocycles. The minimum Gasteiger partial charge on any atom is -0.493 e. The van der Waals surface area contributed by atoms with Gasteiger partial charge >= 0.3 is 5.97 Å². The maximum absolute atomic E-state index is 13.1. The number of benzene rings is 1. The van der Waals surface area contributed by atoms with Crippen LogP contribution in [0, 0.1) is 5.82 Å². The van der Waals surface area contributed by atoms with E-state index in [4.69, 9.17) is 15.6 Å². The molecule has 0 fully saturated rings. The van der Waals surface area contributed by atoms with E-state index in [1.165, 1.54) is 12.1 Å². The topological polar surface area (TPSA) is 72.5 Å². The molecule has 0 aliphatic heterocycles. The van der Waals surface area contributed by atoms with E-state index < -0.39 is 11.8 Å². The van der Waals surface area contributed by atoms with E-state index in [9.17, 15) is 9.18 Å². The molecule has 0 unspecified atom stereocenters. The molecule has 1 aromatic rings. The summed E-state index contributed by atoms with van der Waals surface area (Å²) in [6, 6.07) is 3.65. The van der Waals surface area contributed by atoms with Gasteiger partial charge in [-0.1, -0.05) is 0 Å². The van der Waals surface area contributed by atoms with Crippen LogP contribution in [-0.2, 0) is 0 Å². The van der Waals surface area contributed by atoms with Gasteiger partial charge in [0.15, 0.2) is 0 Å². The molecule has 0 aliphatic rings. The van der Waals surface area contributed by atoms with Crippen LogP contribution in [0.5, 0.6) is 5.75 Å². The number of hydrogen-bond donors (Lipinski definition) is 2. The number of carboxylic acid groups (broad SMARTS) is 1. The molecule has 0 aromatic heterocycles. The van der Waals surface area contributed by atoms with Crippen LogP contribution in [0.1, 0.15) is 16.8 Å². The summed E-state index contributed by atoms with van der Waals surface area (Å²) >= 11 is 0. The smallest absolute Gasteiger partial charge is 0.338 e. The number of rotatable bonds is 5. The van der Waals surface area contributed by atoms with Gasteiger partial charge in [0.25, 0.3) is 0 Å². The van der Waals surface area contributed by atoms with Crippen molar-refractivity contribution in [1.82, 2.24) is 0 Å². The number of ether oxygens (including phenoxy) is 1. The van der Waals surface area contributed by atoms with Crippen molar-refractivity contribution in [3.8, 4) is 5.75 Å². The highest BCUT2D eigenvalue weighted by molar-refractivity contribution is 5.88. The Morgan fingerprint density at radius 3 is 2.80 bits per heavy atom. The lowest BCUT2D eigenvalue weighted by Gasteiger charge is -2.05. The number of aromatic carboxylic acids is 1. The van der Waals surface area contributed by atoms with E-state index in [2.05, 4.69) is 0 Å². The third-order valence-corrected chi connectivity index (χ3v) is 1.79. The van der Waals surface area contributed by atoms with E-state index in [1.807, 2.05) is 0 Å². The molecule has 4 nitrogen and oxygen atoms in total. The Bertz CT molecular complexity index is 355. The van der Waals surface area contributed by atoms with Crippen LogP contribution in [0.25, 0.3) is 0 Å². The lowest BCUT2D eigenvalue weighted by atomic mass is 10.2. The molecule has 1 aromatic carbocycles. The van der Waals surface area contributed by atoms with Gasteiger partial charge in [0.1, 0.15) is 11.6 Å². The van der Waals surface area contributed by atoms with Gasteiger partial charge in [-0.25, -0.2) is 9.18 Å². The lowest BCUT2D eigenvalue weighted by Crippen LogP contribution is -2.07. The second-order valence-electron chi connectivity index (χ2n) is 2.94. The summed E-state index contributed by atoms with van der Waals surface area (Å²) in [6.45, 7) is 0.887. The quantitative estimate of drug-likeness (QED) is 0.722. The molecule has 0 atom stereocenters. The monoisotopic (exact) mass is 213 g/mol. The molecule has 0 aliphatic carbocycles. The number of hydrogen-bond acceptors (Lipinski definition) is 3. The SMILES string of the molecule is NCCCOc1ccc(C(=O)O)c(F)c1. The zero-order valence-electron chi connectivity index (χ0n) is 8.07. The number of carboxylic acids is 1. The van der Waals surface area contributed by atoms with Crippen molar-refractivity contribution in [2.45, 2.75) is 6.42 Å². The van der Waals surface area contributed by atoms with Crippen molar-refractivity contribution in [3.05, 3.63) is 29.6 Å². The van der Waals surface area contributed by atoms with Gasteiger partial charge in [-0.05, 0) is 25.1 Å². The largest absolute Gasteiger partial charge is 0.493 e. The Kier molecular flexibility index (Phi) is 4.05. The third-order valence-electron chi connectivity index (χ3n) is 1.79. The molecule has 5 heteroatoms. The van der Waals surface area contributed by atoms with Crippen molar-refractivity contribution in [2.24, 2.45) is 5.73 Å². The molecule has 0 heterocycles. The molecule has 0 radical (unpaired) electrons. The summed E-state index contributed by atoms with van der Waals surface area (Å²) in [4.78, 5) is 10.5. The minimum absolute atomic E-state index is 0.311. The molecule has 0 spiro atoms. The standard InChI is InChI=1S/C10H12FNO3/c11-9-6-7(15-5-1-4-12)2-3-8(9)10(13)14/h2-3,6H,1,4-5,12H2,(H,13,14). The first-order chi connectivity index (χ1) is 7.15. The molecular weight excluding hydrogens is 201 g/mol. The first-order valence-electron chi connectivity index (χ1n) is 4.51. The minimum atomic E-state index is -1.29. The number of halogens is 1. The molecule has 82 valence electrons. The van der Waals surface area contributed by atoms with E-state index in [0.29, 0.717) is 25.3 Å². The highest BCUT2D eigenvalue weighted by Gasteiger charge is 2.10. The zero-order valence-corrected chi connectivity index (χ0v) is 8.07. The maximum atomic E-state index is 13.1. The summed E-state index contributed by atoms with van der Waals surface area (Å²) in [5, 5.41) is 8.57.